The van der Waals surface area contributed by atoms with Gasteiger partial charge in [0.2, 0.25) is 0 Å². The predicted octanol–water partition coefficient (Wildman–Crippen LogP) is 3.63. The van der Waals surface area contributed by atoms with Crippen LogP contribution in [0.4, 0.5) is 0 Å². The number of rotatable bonds is 7. The molecule has 4 nitrogen and oxygen atoms in total. The number of ether oxygens (including phenoxy) is 2. The fourth-order valence-electron chi connectivity index (χ4n) is 3.57. The van der Waals surface area contributed by atoms with Crippen LogP contribution in [0, 0.1) is 5.92 Å². The molecule has 0 aromatic heterocycles. The first-order valence-corrected chi connectivity index (χ1v) is 8.62. The van der Waals surface area contributed by atoms with Gasteiger partial charge in [-0.05, 0) is 58.0 Å². The SMILES string of the molecule is C=C(C)COC1CCC(O)(c2cccc(OC)c2)C(CN(C)C)C1.Cl. The van der Waals surface area contributed by atoms with Crippen LogP contribution in [0.1, 0.15) is 31.7 Å². The molecule has 25 heavy (non-hydrogen) atoms. The van der Waals surface area contributed by atoms with Crippen LogP contribution in [0.5, 0.6) is 5.75 Å². The standard InChI is InChI=1S/C20H31NO3.ClH/c1-15(2)14-24-19-9-10-20(22,17(12-19)13-21(3)4)16-7-6-8-18(11-16)23-5;/h6-8,11,17,19,22H,1,9-10,12-14H2,2-5H3;1H. The van der Waals surface area contributed by atoms with Gasteiger partial charge < -0.3 is 19.5 Å². The van der Waals surface area contributed by atoms with Crippen molar-refractivity contribution in [2.24, 2.45) is 5.92 Å². The quantitative estimate of drug-likeness (QED) is 0.745. The van der Waals surface area contributed by atoms with E-state index in [0.717, 1.165) is 36.3 Å². The zero-order valence-electron chi connectivity index (χ0n) is 15.8. The summed E-state index contributed by atoms with van der Waals surface area (Å²) in [5.41, 5.74) is 1.13. The zero-order valence-corrected chi connectivity index (χ0v) is 16.6. The van der Waals surface area contributed by atoms with Gasteiger partial charge in [-0.2, -0.15) is 0 Å². The molecular weight excluding hydrogens is 338 g/mol. The largest absolute Gasteiger partial charge is 0.497 e. The Labute approximate surface area is 158 Å². The molecule has 142 valence electrons. The number of halogens is 1. The number of hydrogen-bond donors (Lipinski definition) is 1. The molecule has 1 aliphatic rings. The van der Waals surface area contributed by atoms with Crippen molar-refractivity contribution in [3.05, 3.63) is 42.0 Å². The van der Waals surface area contributed by atoms with Gasteiger partial charge in [0.15, 0.2) is 0 Å². The Bertz CT molecular complexity index is 564. The van der Waals surface area contributed by atoms with E-state index in [1.54, 1.807) is 7.11 Å². The van der Waals surface area contributed by atoms with Crippen LogP contribution in [0.15, 0.2) is 36.4 Å². The van der Waals surface area contributed by atoms with E-state index in [1.807, 2.05) is 45.3 Å². The summed E-state index contributed by atoms with van der Waals surface area (Å²) in [5, 5.41) is 11.5. The molecule has 1 aromatic rings. The van der Waals surface area contributed by atoms with Gasteiger partial charge in [0.05, 0.1) is 25.4 Å². The molecule has 0 saturated heterocycles. The minimum Gasteiger partial charge on any atom is -0.497 e. The second kappa shape index (κ2) is 9.58. The smallest absolute Gasteiger partial charge is 0.119 e. The molecule has 3 unspecified atom stereocenters. The molecular formula is C20H32ClNO3. The van der Waals surface area contributed by atoms with Crippen molar-refractivity contribution in [3.63, 3.8) is 0 Å². The number of methoxy groups -OCH3 is 1. The van der Waals surface area contributed by atoms with E-state index in [1.165, 1.54) is 0 Å². The summed E-state index contributed by atoms with van der Waals surface area (Å²) in [6.07, 6.45) is 2.57. The second-order valence-electron chi connectivity index (χ2n) is 7.28. The third kappa shape index (κ3) is 5.71. The van der Waals surface area contributed by atoms with E-state index in [2.05, 4.69) is 11.5 Å². The highest BCUT2D eigenvalue weighted by molar-refractivity contribution is 5.85. The fraction of sp³-hybridized carbons (Fsp3) is 0.600. The molecule has 0 heterocycles. The number of hydrogen-bond acceptors (Lipinski definition) is 4. The summed E-state index contributed by atoms with van der Waals surface area (Å²) in [7, 11) is 5.75. The monoisotopic (exact) mass is 369 g/mol. The van der Waals surface area contributed by atoms with Crippen molar-refractivity contribution in [2.75, 3.05) is 34.4 Å². The van der Waals surface area contributed by atoms with Crippen LogP contribution < -0.4 is 4.74 Å². The molecule has 1 N–H and O–H groups in total. The first kappa shape index (κ1) is 22.0. The molecule has 1 fully saturated rings. The summed E-state index contributed by atoms with van der Waals surface area (Å²) >= 11 is 0. The topological polar surface area (TPSA) is 41.9 Å². The van der Waals surface area contributed by atoms with Gasteiger partial charge in [-0.15, -0.1) is 12.4 Å². The van der Waals surface area contributed by atoms with Crippen molar-refractivity contribution in [2.45, 2.75) is 37.9 Å². The molecule has 0 bridgehead atoms. The minimum atomic E-state index is -0.845. The van der Waals surface area contributed by atoms with E-state index >= 15 is 0 Å². The molecule has 5 heteroatoms. The summed E-state index contributed by atoms with van der Waals surface area (Å²) < 4.78 is 11.3. The molecule has 0 aliphatic heterocycles. The second-order valence-corrected chi connectivity index (χ2v) is 7.28. The van der Waals surface area contributed by atoms with Crippen LogP contribution >= 0.6 is 12.4 Å². The maximum Gasteiger partial charge on any atom is 0.119 e. The molecule has 0 amide bonds. The van der Waals surface area contributed by atoms with E-state index in [9.17, 15) is 5.11 Å². The maximum atomic E-state index is 11.5. The summed E-state index contributed by atoms with van der Waals surface area (Å²) in [5.74, 6) is 0.897. The van der Waals surface area contributed by atoms with Gasteiger partial charge in [-0.25, -0.2) is 0 Å². The van der Waals surface area contributed by atoms with Gasteiger partial charge in [-0.3, -0.25) is 0 Å². The van der Waals surface area contributed by atoms with Crippen molar-refractivity contribution in [1.82, 2.24) is 4.90 Å². The molecule has 2 rings (SSSR count). The lowest BCUT2D eigenvalue weighted by atomic mass is 9.70. The molecule has 1 saturated carbocycles. The fourth-order valence-corrected chi connectivity index (χ4v) is 3.57. The van der Waals surface area contributed by atoms with Crippen LogP contribution in [-0.2, 0) is 10.3 Å². The Morgan fingerprint density at radius 1 is 1.40 bits per heavy atom. The Balaban J connectivity index is 0.00000312. The number of benzene rings is 1. The van der Waals surface area contributed by atoms with Gasteiger partial charge in [0.25, 0.3) is 0 Å². The average Bonchev–Trinajstić information content (AvgIpc) is 2.55. The van der Waals surface area contributed by atoms with E-state index < -0.39 is 5.60 Å². The lowest BCUT2D eigenvalue weighted by molar-refractivity contribution is -0.105. The van der Waals surface area contributed by atoms with Crippen molar-refractivity contribution in [3.8, 4) is 5.75 Å². The highest BCUT2D eigenvalue weighted by Crippen LogP contribution is 2.43. The number of aliphatic hydroxyl groups is 1. The van der Waals surface area contributed by atoms with Gasteiger partial charge >= 0.3 is 0 Å². The highest BCUT2D eigenvalue weighted by atomic mass is 35.5. The first-order chi connectivity index (χ1) is 11.3. The Hall–Kier alpha value is -1.07. The zero-order chi connectivity index (χ0) is 17.7. The molecule has 0 radical (unpaired) electrons. The van der Waals surface area contributed by atoms with Crippen LogP contribution in [0.25, 0.3) is 0 Å². The highest BCUT2D eigenvalue weighted by Gasteiger charge is 2.44. The van der Waals surface area contributed by atoms with Gasteiger partial charge in [0.1, 0.15) is 5.75 Å². The molecule has 0 spiro atoms. The first-order valence-electron chi connectivity index (χ1n) is 8.62. The molecule has 1 aliphatic carbocycles. The minimum absolute atomic E-state index is 0. The average molecular weight is 370 g/mol. The Kier molecular flexibility index (Phi) is 8.42. The van der Waals surface area contributed by atoms with E-state index in [0.29, 0.717) is 13.0 Å². The third-order valence-electron chi connectivity index (χ3n) is 4.79. The van der Waals surface area contributed by atoms with Crippen molar-refractivity contribution < 1.29 is 14.6 Å². The predicted molar refractivity (Wildman–Crippen MR) is 105 cm³/mol. The summed E-state index contributed by atoms with van der Waals surface area (Å²) in [6.45, 7) is 7.30. The number of nitrogens with zero attached hydrogens (tertiary/aromatic N) is 1. The lowest BCUT2D eigenvalue weighted by Gasteiger charge is -2.44. The Morgan fingerprint density at radius 3 is 2.72 bits per heavy atom. The summed E-state index contributed by atoms with van der Waals surface area (Å²) in [6, 6.07) is 7.82. The summed E-state index contributed by atoms with van der Waals surface area (Å²) in [4.78, 5) is 2.14. The van der Waals surface area contributed by atoms with E-state index in [-0.39, 0.29) is 24.4 Å². The van der Waals surface area contributed by atoms with Gasteiger partial charge in [0, 0.05) is 12.5 Å². The maximum absolute atomic E-state index is 11.5. The van der Waals surface area contributed by atoms with Gasteiger partial charge in [-0.1, -0.05) is 24.3 Å². The molecule has 1 aromatic carbocycles. The third-order valence-corrected chi connectivity index (χ3v) is 4.79. The van der Waals surface area contributed by atoms with Crippen LogP contribution in [0.2, 0.25) is 0 Å². The Morgan fingerprint density at radius 2 is 2.12 bits per heavy atom. The molecule has 3 atom stereocenters. The van der Waals surface area contributed by atoms with Crippen molar-refractivity contribution >= 4 is 12.4 Å². The van der Waals surface area contributed by atoms with Crippen molar-refractivity contribution in [1.29, 1.82) is 0 Å². The van der Waals surface area contributed by atoms with Crippen LogP contribution in [-0.4, -0.2) is 50.5 Å². The van der Waals surface area contributed by atoms with Crippen LogP contribution in [0.3, 0.4) is 0 Å². The lowest BCUT2D eigenvalue weighted by Crippen LogP contribution is -2.46. The van der Waals surface area contributed by atoms with E-state index in [4.69, 9.17) is 9.47 Å². The normalized spacial score (nSPS) is 26.2.